The van der Waals surface area contributed by atoms with Gasteiger partial charge < -0.3 is 0 Å². The van der Waals surface area contributed by atoms with Gasteiger partial charge in [-0.3, -0.25) is 0 Å². The van der Waals surface area contributed by atoms with E-state index in [9.17, 15) is 8.42 Å². The summed E-state index contributed by atoms with van der Waals surface area (Å²) in [4.78, 5) is -0.238. The average Bonchev–Trinajstić information content (AvgIpc) is 2.71. The average molecular weight is 426 g/mol. The molecule has 2 rings (SSSR count). The monoisotopic (exact) mass is 424 g/mol. The maximum Gasteiger partial charge on any atom is 0.154 e. The molecule has 2 aromatic rings. The highest BCUT2D eigenvalue weighted by Gasteiger charge is 2.39. The fourth-order valence-corrected chi connectivity index (χ4v) is 5.52. The van der Waals surface area contributed by atoms with E-state index in [2.05, 4.69) is 31.9 Å². The van der Waals surface area contributed by atoms with Crippen LogP contribution < -0.4 is 0 Å². The standard InChI is InChI=1S/C13H14Br2O2S2/c1-13(2,19(3,16)17)12(15)9-7-18-11-8(9)5-4-6-10(11)14/h4-7,12H,1-3H3. The lowest BCUT2D eigenvalue weighted by molar-refractivity contribution is 0.549. The van der Waals surface area contributed by atoms with Crippen molar-refractivity contribution in [1.82, 2.24) is 0 Å². The zero-order valence-electron chi connectivity index (χ0n) is 10.8. The van der Waals surface area contributed by atoms with Gasteiger partial charge in [0.1, 0.15) is 0 Å². The van der Waals surface area contributed by atoms with Crippen LogP contribution in [-0.4, -0.2) is 19.4 Å². The number of hydrogen-bond acceptors (Lipinski definition) is 3. The lowest BCUT2D eigenvalue weighted by Crippen LogP contribution is -2.35. The minimum absolute atomic E-state index is 0.238. The second-order valence-electron chi connectivity index (χ2n) is 5.05. The third kappa shape index (κ3) is 2.64. The van der Waals surface area contributed by atoms with Crippen molar-refractivity contribution in [3.8, 4) is 0 Å². The fourth-order valence-electron chi connectivity index (χ4n) is 1.80. The van der Waals surface area contributed by atoms with Crippen LogP contribution in [0.3, 0.4) is 0 Å². The maximum atomic E-state index is 12.0. The number of sulfone groups is 1. The van der Waals surface area contributed by atoms with Crippen LogP contribution in [0.5, 0.6) is 0 Å². The summed E-state index contributed by atoms with van der Waals surface area (Å²) >= 11 is 8.73. The van der Waals surface area contributed by atoms with Gasteiger partial charge in [-0.25, -0.2) is 8.42 Å². The van der Waals surface area contributed by atoms with Crippen LogP contribution in [0.15, 0.2) is 28.1 Å². The largest absolute Gasteiger partial charge is 0.229 e. The highest BCUT2D eigenvalue weighted by Crippen LogP contribution is 2.45. The van der Waals surface area contributed by atoms with E-state index in [1.54, 1.807) is 25.2 Å². The molecule has 1 unspecified atom stereocenters. The van der Waals surface area contributed by atoms with Gasteiger partial charge in [0.15, 0.2) is 9.84 Å². The highest BCUT2D eigenvalue weighted by atomic mass is 79.9. The zero-order valence-corrected chi connectivity index (χ0v) is 15.6. The van der Waals surface area contributed by atoms with Gasteiger partial charge in [-0.1, -0.05) is 28.1 Å². The molecule has 2 nitrogen and oxygen atoms in total. The molecule has 1 aromatic carbocycles. The second kappa shape index (κ2) is 5.13. The second-order valence-corrected chi connectivity index (χ2v) is 10.3. The molecule has 0 saturated carbocycles. The van der Waals surface area contributed by atoms with Crippen molar-refractivity contribution in [3.63, 3.8) is 0 Å². The SMILES string of the molecule is CC(C)(C(Br)c1csc2c(Br)cccc12)S(C)(=O)=O. The molecule has 1 atom stereocenters. The molecule has 0 bridgehead atoms. The summed E-state index contributed by atoms with van der Waals surface area (Å²) in [6.45, 7) is 3.51. The summed E-state index contributed by atoms with van der Waals surface area (Å²) in [5.74, 6) is 0. The molecule has 0 saturated heterocycles. The number of halogens is 2. The Kier molecular flexibility index (Phi) is 4.18. The summed E-state index contributed by atoms with van der Waals surface area (Å²) in [6.07, 6.45) is 1.28. The number of alkyl halides is 1. The molecule has 0 aliphatic rings. The molecule has 104 valence electrons. The first kappa shape index (κ1) is 15.5. The lowest BCUT2D eigenvalue weighted by atomic mass is 10.0. The van der Waals surface area contributed by atoms with Crippen molar-refractivity contribution in [3.05, 3.63) is 33.6 Å². The number of hydrogen-bond donors (Lipinski definition) is 0. The Labute approximate surface area is 134 Å². The van der Waals surface area contributed by atoms with E-state index in [1.165, 1.54) is 6.26 Å². The predicted octanol–water partition coefficient (Wildman–Crippen LogP) is 4.92. The molecule has 0 amide bonds. The summed E-state index contributed by atoms with van der Waals surface area (Å²) in [6, 6.07) is 5.99. The smallest absolute Gasteiger partial charge is 0.154 e. The van der Waals surface area contributed by atoms with E-state index in [0.29, 0.717) is 0 Å². The normalized spacial score (nSPS) is 14.8. The van der Waals surface area contributed by atoms with Gasteiger partial charge in [-0.2, -0.15) is 0 Å². The van der Waals surface area contributed by atoms with Crippen LogP contribution in [0, 0.1) is 0 Å². The van der Waals surface area contributed by atoms with Crippen molar-refractivity contribution in [2.45, 2.75) is 23.4 Å². The fraction of sp³-hybridized carbons (Fsp3) is 0.385. The minimum atomic E-state index is -3.16. The van der Waals surface area contributed by atoms with E-state index < -0.39 is 14.6 Å². The van der Waals surface area contributed by atoms with Crippen molar-refractivity contribution in [2.24, 2.45) is 0 Å². The Balaban J connectivity index is 2.60. The summed E-state index contributed by atoms with van der Waals surface area (Å²) < 4.78 is 25.2. The number of fused-ring (bicyclic) bond motifs is 1. The third-order valence-corrected chi connectivity index (χ3v) is 9.48. The topological polar surface area (TPSA) is 34.1 Å². The van der Waals surface area contributed by atoms with Crippen molar-refractivity contribution < 1.29 is 8.42 Å². The molecule has 0 radical (unpaired) electrons. The quantitative estimate of drug-likeness (QED) is 0.653. The van der Waals surface area contributed by atoms with E-state index in [-0.39, 0.29) is 4.83 Å². The van der Waals surface area contributed by atoms with Crippen LogP contribution in [0.25, 0.3) is 10.1 Å². The summed E-state index contributed by atoms with van der Waals surface area (Å²) in [7, 11) is -3.16. The molecule has 0 spiro atoms. The van der Waals surface area contributed by atoms with E-state index >= 15 is 0 Å². The van der Waals surface area contributed by atoms with Crippen molar-refractivity contribution in [2.75, 3.05) is 6.26 Å². The Morgan fingerprint density at radius 2 is 1.95 bits per heavy atom. The maximum absolute atomic E-state index is 12.0. The Morgan fingerprint density at radius 3 is 2.53 bits per heavy atom. The van der Waals surface area contributed by atoms with E-state index in [4.69, 9.17) is 0 Å². The van der Waals surface area contributed by atoms with Crippen molar-refractivity contribution in [1.29, 1.82) is 0 Å². The molecule has 6 heteroatoms. The van der Waals surface area contributed by atoms with Gasteiger partial charge in [0.2, 0.25) is 0 Å². The van der Waals surface area contributed by atoms with E-state index in [0.717, 1.165) is 20.1 Å². The van der Waals surface area contributed by atoms with Gasteiger partial charge >= 0.3 is 0 Å². The minimum Gasteiger partial charge on any atom is -0.229 e. The van der Waals surface area contributed by atoms with Crippen LogP contribution >= 0.6 is 43.2 Å². The molecular weight excluding hydrogens is 412 g/mol. The molecule has 19 heavy (non-hydrogen) atoms. The third-order valence-electron chi connectivity index (χ3n) is 3.42. The van der Waals surface area contributed by atoms with Crippen LogP contribution in [-0.2, 0) is 9.84 Å². The van der Waals surface area contributed by atoms with Gasteiger partial charge in [0.05, 0.1) is 9.57 Å². The summed E-state index contributed by atoms with van der Waals surface area (Å²) in [5.41, 5.74) is 1.02. The molecule has 0 aliphatic heterocycles. The Morgan fingerprint density at radius 1 is 1.32 bits per heavy atom. The Bertz CT molecular complexity index is 717. The first-order valence-corrected chi connectivity index (χ1v) is 10.1. The van der Waals surface area contributed by atoms with Gasteiger partial charge in [-0.05, 0) is 52.2 Å². The zero-order chi connectivity index (χ0) is 14.4. The molecule has 0 aliphatic carbocycles. The van der Waals surface area contributed by atoms with Gasteiger partial charge in [0, 0.05) is 15.4 Å². The first-order valence-electron chi connectivity index (χ1n) is 5.65. The molecule has 1 aromatic heterocycles. The molecule has 0 fully saturated rings. The number of thiophene rings is 1. The molecule has 0 N–H and O–H groups in total. The van der Waals surface area contributed by atoms with Crippen LogP contribution in [0.1, 0.15) is 24.2 Å². The van der Waals surface area contributed by atoms with Crippen LogP contribution in [0.4, 0.5) is 0 Å². The lowest BCUT2D eigenvalue weighted by Gasteiger charge is -2.28. The predicted molar refractivity (Wildman–Crippen MR) is 90.1 cm³/mol. The van der Waals surface area contributed by atoms with Gasteiger partial charge in [-0.15, -0.1) is 11.3 Å². The Hall–Kier alpha value is 0.0900. The number of benzene rings is 1. The van der Waals surface area contributed by atoms with Crippen LogP contribution in [0.2, 0.25) is 0 Å². The van der Waals surface area contributed by atoms with Crippen molar-refractivity contribution >= 4 is 63.1 Å². The molecular formula is C13H14Br2O2S2. The molecule has 1 heterocycles. The van der Waals surface area contributed by atoms with E-state index in [1.807, 2.05) is 23.6 Å². The summed E-state index contributed by atoms with van der Waals surface area (Å²) in [5, 5.41) is 3.12. The number of rotatable bonds is 3. The van der Waals surface area contributed by atoms with Gasteiger partial charge in [0.25, 0.3) is 0 Å². The first-order chi connectivity index (χ1) is 8.66. The highest BCUT2D eigenvalue weighted by molar-refractivity contribution is 9.10.